The number of hydrogen-bond donors (Lipinski definition) is 6. The molecule has 0 aliphatic carbocycles. The van der Waals surface area contributed by atoms with Crippen molar-refractivity contribution in [1.29, 1.82) is 0 Å². The minimum absolute atomic E-state index is 0.0867. The van der Waals surface area contributed by atoms with Gasteiger partial charge < -0.3 is 42.0 Å². The fraction of sp³-hybridized carbons (Fsp3) is 0.370. The van der Waals surface area contributed by atoms with Gasteiger partial charge in [-0.1, -0.05) is 30.3 Å². The van der Waals surface area contributed by atoms with Gasteiger partial charge in [-0.3, -0.25) is 19.3 Å². The molecule has 0 saturated carbocycles. The summed E-state index contributed by atoms with van der Waals surface area (Å²) in [6.07, 6.45) is 0.173. The van der Waals surface area contributed by atoms with Gasteiger partial charge in [0.2, 0.25) is 17.6 Å². The van der Waals surface area contributed by atoms with Crippen molar-refractivity contribution >= 4 is 29.6 Å². The molecule has 2 aromatic rings. The van der Waals surface area contributed by atoms with Crippen LogP contribution < -0.4 is 26.8 Å². The highest BCUT2D eigenvalue weighted by atomic mass is 16.5. The SMILES string of the molecule is Cc1ccccc1Oc1ccccc1C(=O)NC1CN2C(N)=N[C@@H](CN3C(=O)CCC3=O)[C@@H]3N=C(N)NC32C1(O)O. The second kappa shape index (κ2) is 9.45. The average molecular weight is 563 g/mol. The van der Waals surface area contributed by atoms with Crippen LogP contribution in [-0.2, 0) is 9.59 Å². The van der Waals surface area contributed by atoms with Crippen molar-refractivity contribution in [2.45, 2.75) is 49.3 Å². The normalized spacial score (nSPS) is 28.0. The van der Waals surface area contributed by atoms with Gasteiger partial charge in [0, 0.05) is 19.4 Å². The van der Waals surface area contributed by atoms with Crippen LogP contribution in [0.1, 0.15) is 28.8 Å². The summed E-state index contributed by atoms with van der Waals surface area (Å²) in [7, 11) is 0. The van der Waals surface area contributed by atoms with Crippen LogP contribution in [0.25, 0.3) is 0 Å². The molecule has 0 radical (unpaired) electrons. The third-order valence-corrected chi connectivity index (χ3v) is 8.08. The molecule has 2 saturated heterocycles. The van der Waals surface area contributed by atoms with E-state index in [1.807, 2.05) is 25.1 Å². The molecule has 14 nitrogen and oxygen atoms in total. The summed E-state index contributed by atoms with van der Waals surface area (Å²) in [4.78, 5) is 49.4. The lowest BCUT2D eigenvalue weighted by atomic mass is 9.84. The van der Waals surface area contributed by atoms with Gasteiger partial charge in [0.15, 0.2) is 17.6 Å². The van der Waals surface area contributed by atoms with Gasteiger partial charge >= 0.3 is 0 Å². The van der Waals surface area contributed by atoms with E-state index < -0.39 is 35.5 Å². The number of nitrogens with zero attached hydrogens (tertiary/aromatic N) is 4. The predicted molar refractivity (Wildman–Crippen MR) is 145 cm³/mol. The maximum absolute atomic E-state index is 13.5. The van der Waals surface area contributed by atoms with Crippen molar-refractivity contribution in [2.24, 2.45) is 21.5 Å². The van der Waals surface area contributed by atoms with Gasteiger partial charge in [0.1, 0.15) is 23.6 Å². The second-order valence-electron chi connectivity index (χ2n) is 10.5. The zero-order chi connectivity index (χ0) is 29.1. The van der Waals surface area contributed by atoms with Gasteiger partial charge in [-0.25, -0.2) is 9.98 Å². The lowest BCUT2D eigenvalue weighted by Gasteiger charge is -2.49. The van der Waals surface area contributed by atoms with E-state index >= 15 is 0 Å². The highest BCUT2D eigenvalue weighted by molar-refractivity contribution is 6.02. The number of imide groups is 1. The Morgan fingerprint density at radius 2 is 1.73 bits per heavy atom. The molecule has 4 atom stereocenters. The number of benzene rings is 2. The van der Waals surface area contributed by atoms with E-state index in [2.05, 4.69) is 20.6 Å². The summed E-state index contributed by atoms with van der Waals surface area (Å²) in [5, 5.41) is 28.9. The van der Waals surface area contributed by atoms with Crippen LogP contribution in [0.15, 0.2) is 58.5 Å². The van der Waals surface area contributed by atoms with E-state index in [0.717, 1.165) is 10.5 Å². The first-order valence-corrected chi connectivity index (χ1v) is 13.2. The number of rotatable bonds is 6. The Morgan fingerprint density at radius 3 is 2.44 bits per heavy atom. The van der Waals surface area contributed by atoms with Gasteiger partial charge in [-0.15, -0.1) is 0 Å². The molecule has 0 aromatic heterocycles. The fourth-order valence-corrected chi connectivity index (χ4v) is 6.02. The first-order chi connectivity index (χ1) is 19.5. The van der Waals surface area contributed by atoms with E-state index in [1.165, 1.54) is 4.90 Å². The number of aryl methyl sites for hydroxylation is 1. The number of nitrogens with one attached hydrogen (secondary N) is 2. The molecule has 3 amide bonds. The summed E-state index contributed by atoms with van der Waals surface area (Å²) in [6, 6.07) is 10.7. The Balaban J connectivity index is 1.29. The Hall–Kier alpha value is -4.69. The maximum atomic E-state index is 13.5. The molecule has 1 spiro atoms. The summed E-state index contributed by atoms with van der Waals surface area (Å²) in [5.41, 5.74) is 11.5. The highest BCUT2D eigenvalue weighted by Crippen LogP contribution is 2.45. The summed E-state index contributed by atoms with van der Waals surface area (Å²) in [5.74, 6) is -3.36. The third kappa shape index (κ3) is 4.05. The molecular weight excluding hydrogens is 532 g/mol. The number of nitrogens with two attached hydrogens (primary N) is 2. The standard InChI is InChI=1S/C27H30N8O6/c1-14-6-2-4-8-17(14)41-18-9-5-3-7-15(18)23(38)31-19-13-35-25(29)30-16(12-34-20(36)10-11-21(34)37)22-26(35,27(19,39)40)33-24(28)32-22/h2-9,16,19,22,39-40H,10-13H2,1H3,(H2,29,30)(H,31,38)(H3,28,32,33)/t16-,19?,22-,26?/m0/s1. The second-order valence-corrected chi connectivity index (χ2v) is 10.5. The lowest BCUT2D eigenvalue weighted by molar-refractivity contribution is -0.230. The number of aliphatic hydroxyl groups is 2. The van der Waals surface area contributed by atoms with Crippen molar-refractivity contribution in [3.8, 4) is 11.5 Å². The fourth-order valence-electron chi connectivity index (χ4n) is 6.02. The molecule has 0 bridgehead atoms. The van der Waals surface area contributed by atoms with E-state index in [-0.39, 0.29) is 61.0 Å². The number of hydrogen-bond acceptors (Lipinski definition) is 12. The Kier molecular flexibility index (Phi) is 6.12. The number of likely N-dealkylation sites (tertiary alicyclic amines) is 1. The summed E-state index contributed by atoms with van der Waals surface area (Å²) < 4.78 is 6.02. The van der Waals surface area contributed by atoms with Gasteiger partial charge in [-0.05, 0) is 30.7 Å². The zero-order valence-corrected chi connectivity index (χ0v) is 22.2. The van der Waals surface area contributed by atoms with Crippen LogP contribution in [-0.4, -0.2) is 92.3 Å². The van der Waals surface area contributed by atoms with Gasteiger partial charge in [0.05, 0.1) is 18.2 Å². The average Bonchev–Trinajstić information content (AvgIpc) is 3.53. The molecule has 8 N–H and O–H groups in total. The molecule has 2 aromatic carbocycles. The van der Waals surface area contributed by atoms with E-state index in [4.69, 9.17) is 16.2 Å². The number of guanidine groups is 2. The van der Waals surface area contributed by atoms with E-state index in [9.17, 15) is 24.6 Å². The predicted octanol–water partition coefficient (Wildman–Crippen LogP) is -1.29. The molecular formula is C27H30N8O6. The van der Waals surface area contributed by atoms with Crippen molar-refractivity contribution in [3.05, 3.63) is 59.7 Å². The quantitative estimate of drug-likeness (QED) is 0.181. The molecule has 4 heterocycles. The summed E-state index contributed by atoms with van der Waals surface area (Å²) in [6.45, 7) is 1.56. The Bertz CT molecular complexity index is 1490. The van der Waals surface area contributed by atoms with Crippen molar-refractivity contribution in [1.82, 2.24) is 20.4 Å². The first kappa shape index (κ1) is 26.5. The Labute approximate surface area is 234 Å². The van der Waals surface area contributed by atoms with Crippen molar-refractivity contribution in [3.63, 3.8) is 0 Å². The molecule has 2 unspecified atom stereocenters. The molecule has 2 fully saturated rings. The van der Waals surface area contributed by atoms with Crippen LogP contribution >= 0.6 is 0 Å². The molecule has 214 valence electrons. The number of para-hydroxylation sites is 2. The van der Waals surface area contributed by atoms with E-state index in [1.54, 1.807) is 30.3 Å². The van der Waals surface area contributed by atoms with Gasteiger partial charge in [0.25, 0.3) is 5.91 Å². The molecule has 4 aliphatic rings. The largest absolute Gasteiger partial charge is 0.456 e. The Morgan fingerprint density at radius 1 is 1.07 bits per heavy atom. The number of aliphatic imine (C=N–C) groups is 2. The van der Waals surface area contributed by atoms with Crippen LogP contribution in [0.4, 0.5) is 0 Å². The van der Waals surface area contributed by atoms with Crippen molar-refractivity contribution < 1.29 is 29.3 Å². The molecule has 41 heavy (non-hydrogen) atoms. The van der Waals surface area contributed by atoms with Crippen LogP contribution in [0.5, 0.6) is 11.5 Å². The van der Waals surface area contributed by atoms with Gasteiger partial charge in [-0.2, -0.15) is 0 Å². The first-order valence-electron chi connectivity index (χ1n) is 13.2. The number of ether oxygens (including phenoxy) is 1. The molecule has 14 heteroatoms. The summed E-state index contributed by atoms with van der Waals surface area (Å²) >= 11 is 0. The maximum Gasteiger partial charge on any atom is 0.255 e. The number of carbonyl (C=O) groups is 3. The lowest BCUT2D eigenvalue weighted by Crippen LogP contribution is -2.78. The molecule has 6 rings (SSSR count). The molecule has 4 aliphatic heterocycles. The van der Waals surface area contributed by atoms with E-state index in [0.29, 0.717) is 5.75 Å². The third-order valence-electron chi connectivity index (χ3n) is 8.08. The smallest absolute Gasteiger partial charge is 0.255 e. The minimum atomic E-state index is -2.68. The van der Waals surface area contributed by atoms with Crippen molar-refractivity contribution in [2.75, 3.05) is 13.1 Å². The minimum Gasteiger partial charge on any atom is -0.456 e. The van der Waals surface area contributed by atoms with Crippen LogP contribution in [0, 0.1) is 6.92 Å². The number of amides is 3. The highest BCUT2D eigenvalue weighted by Gasteiger charge is 2.73. The number of carbonyl (C=O) groups excluding carboxylic acids is 3. The van der Waals surface area contributed by atoms with Crippen LogP contribution in [0.3, 0.4) is 0 Å². The monoisotopic (exact) mass is 562 g/mol. The zero-order valence-electron chi connectivity index (χ0n) is 22.2. The topological polar surface area (TPSA) is 208 Å². The van der Waals surface area contributed by atoms with Crippen LogP contribution in [0.2, 0.25) is 0 Å².